The van der Waals surface area contributed by atoms with Gasteiger partial charge in [-0.2, -0.15) is 0 Å². The van der Waals surface area contributed by atoms with Crippen LogP contribution in [0.3, 0.4) is 0 Å². The quantitative estimate of drug-likeness (QED) is 0.744. The molecule has 0 saturated heterocycles. The number of carboxylic acids is 1. The summed E-state index contributed by atoms with van der Waals surface area (Å²) in [6, 6.07) is 0. The number of hydrogen-bond donors (Lipinski definition) is 1. The number of carbonyl (C=O) groups is 1. The zero-order valence-corrected chi connectivity index (χ0v) is 10.1. The van der Waals surface area contributed by atoms with Gasteiger partial charge in [-0.15, -0.1) is 0 Å². The fourth-order valence-corrected chi connectivity index (χ4v) is 1.89. The Kier molecular flexibility index (Phi) is 2.54. The summed E-state index contributed by atoms with van der Waals surface area (Å²) in [7, 11) is 2.83. The van der Waals surface area contributed by atoms with Gasteiger partial charge in [-0.05, 0) is 12.5 Å². The number of carboxylic acid groups (broad SMARTS) is 1. The lowest BCUT2D eigenvalue weighted by Crippen LogP contribution is -2.37. The van der Waals surface area contributed by atoms with Crippen molar-refractivity contribution in [3.05, 3.63) is 38.2 Å². The lowest BCUT2D eigenvalue weighted by molar-refractivity contribution is 0.0696. The first kappa shape index (κ1) is 12.0. The van der Waals surface area contributed by atoms with E-state index < -0.39 is 17.2 Å². The standard InChI is InChI=1S/C11H11N3O4/c1-5-6(10(16)17)4-12-8-7(5)9(15)14(3)11(18)13(8)2/h4H,1-3H3,(H,16,17). The number of aromatic nitrogens is 3. The van der Waals surface area contributed by atoms with E-state index in [2.05, 4.69) is 4.98 Å². The van der Waals surface area contributed by atoms with Crippen molar-refractivity contribution in [1.82, 2.24) is 14.1 Å². The first-order chi connectivity index (χ1) is 8.36. The van der Waals surface area contributed by atoms with E-state index in [1.807, 2.05) is 0 Å². The second kappa shape index (κ2) is 3.80. The number of rotatable bonds is 1. The molecule has 0 unspecified atom stereocenters. The van der Waals surface area contributed by atoms with Crippen molar-refractivity contribution in [1.29, 1.82) is 0 Å². The maximum Gasteiger partial charge on any atom is 0.337 e. The van der Waals surface area contributed by atoms with Gasteiger partial charge in [0.2, 0.25) is 0 Å². The summed E-state index contributed by atoms with van der Waals surface area (Å²) in [6.07, 6.45) is 1.15. The van der Waals surface area contributed by atoms with Gasteiger partial charge in [0.25, 0.3) is 5.56 Å². The highest BCUT2D eigenvalue weighted by atomic mass is 16.4. The Morgan fingerprint density at radius 3 is 2.44 bits per heavy atom. The highest BCUT2D eigenvalue weighted by Crippen LogP contribution is 2.14. The molecular weight excluding hydrogens is 238 g/mol. The lowest BCUT2D eigenvalue weighted by atomic mass is 10.1. The number of aromatic carboxylic acids is 1. The van der Waals surface area contributed by atoms with Crippen molar-refractivity contribution in [3.63, 3.8) is 0 Å². The third-order valence-electron chi connectivity index (χ3n) is 2.96. The summed E-state index contributed by atoms with van der Waals surface area (Å²) < 4.78 is 2.15. The van der Waals surface area contributed by atoms with Gasteiger partial charge < -0.3 is 5.11 Å². The van der Waals surface area contributed by atoms with Crippen LogP contribution in [0.1, 0.15) is 15.9 Å². The van der Waals surface area contributed by atoms with E-state index in [-0.39, 0.29) is 16.6 Å². The van der Waals surface area contributed by atoms with Crippen LogP contribution >= 0.6 is 0 Å². The molecule has 2 heterocycles. The fourth-order valence-electron chi connectivity index (χ4n) is 1.89. The van der Waals surface area contributed by atoms with E-state index in [0.717, 1.165) is 10.8 Å². The molecule has 0 aromatic carbocycles. The molecule has 7 heteroatoms. The lowest BCUT2D eigenvalue weighted by Gasteiger charge is -2.09. The number of fused-ring (bicyclic) bond motifs is 1. The van der Waals surface area contributed by atoms with Crippen molar-refractivity contribution >= 4 is 17.0 Å². The van der Waals surface area contributed by atoms with Crippen LogP contribution in [0, 0.1) is 6.92 Å². The molecule has 0 bridgehead atoms. The minimum atomic E-state index is -1.15. The number of pyridine rings is 1. The third-order valence-corrected chi connectivity index (χ3v) is 2.96. The Balaban J connectivity index is 3.14. The molecule has 1 N–H and O–H groups in total. The average molecular weight is 249 g/mol. The first-order valence-corrected chi connectivity index (χ1v) is 5.15. The molecule has 0 amide bonds. The molecule has 0 atom stereocenters. The van der Waals surface area contributed by atoms with Crippen LogP contribution in [0.2, 0.25) is 0 Å². The molecule has 2 aromatic rings. The zero-order chi connectivity index (χ0) is 13.6. The van der Waals surface area contributed by atoms with Gasteiger partial charge in [0.05, 0.1) is 10.9 Å². The topological polar surface area (TPSA) is 94.2 Å². The van der Waals surface area contributed by atoms with E-state index in [0.29, 0.717) is 5.56 Å². The minimum Gasteiger partial charge on any atom is -0.478 e. The Hall–Kier alpha value is -2.44. The predicted octanol–water partition coefficient (Wildman–Crippen LogP) is -0.361. The van der Waals surface area contributed by atoms with Gasteiger partial charge in [0, 0.05) is 20.3 Å². The Bertz CT molecular complexity index is 785. The SMILES string of the molecule is Cc1c(C(=O)O)cnc2c1c(=O)n(C)c(=O)n2C. The van der Waals surface area contributed by atoms with E-state index in [1.54, 1.807) is 0 Å². The monoisotopic (exact) mass is 249 g/mol. The second-order valence-corrected chi connectivity index (χ2v) is 4.01. The molecule has 7 nitrogen and oxygen atoms in total. The van der Waals surface area contributed by atoms with Gasteiger partial charge in [-0.1, -0.05) is 0 Å². The number of nitrogens with zero attached hydrogens (tertiary/aromatic N) is 3. The fraction of sp³-hybridized carbons (Fsp3) is 0.273. The molecule has 0 radical (unpaired) electrons. The van der Waals surface area contributed by atoms with Crippen LogP contribution in [0.4, 0.5) is 0 Å². The summed E-state index contributed by atoms with van der Waals surface area (Å²) in [6.45, 7) is 1.53. The van der Waals surface area contributed by atoms with Gasteiger partial charge >= 0.3 is 11.7 Å². The molecule has 0 spiro atoms. The van der Waals surface area contributed by atoms with Crippen molar-refractivity contribution in [2.45, 2.75) is 6.92 Å². The van der Waals surface area contributed by atoms with Crippen molar-refractivity contribution in [2.75, 3.05) is 0 Å². The van der Waals surface area contributed by atoms with Crippen molar-refractivity contribution in [2.24, 2.45) is 14.1 Å². The summed E-state index contributed by atoms with van der Waals surface area (Å²) >= 11 is 0. The molecule has 0 aliphatic carbocycles. The number of hydrogen-bond acceptors (Lipinski definition) is 4. The normalized spacial score (nSPS) is 10.8. The molecule has 94 valence electrons. The molecule has 2 aromatic heterocycles. The molecule has 0 aliphatic rings. The molecule has 0 fully saturated rings. The van der Waals surface area contributed by atoms with Gasteiger partial charge in [0.15, 0.2) is 0 Å². The van der Waals surface area contributed by atoms with Crippen molar-refractivity contribution < 1.29 is 9.90 Å². The van der Waals surface area contributed by atoms with Crippen LogP contribution < -0.4 is 11.2 Å². The van der Waals surface area contributed by atoms with E-state index in [4.69, 9.17) is 5.11 Å². The first-order valence-electron chi connectivity index (χ1n) is 5.15. The minimum absolute atomic E-state index is 0.0433. The van der Waals surface area contributed by atoms with E-state index in [9.17, 15) is 14.4 Å². The summed E-state index contributed by atoms with van der Waals surface area (Å²) in [5.41, 5.74) is -0.587. The zero-order valence-electron chi connectivity index (χ0n) is 10.1. The van der Waals surface area contributed by atoms with Crippen LogP contribution in [-0.4, -0.2) is 25.2 Å². The summed E-state index contributed by atoms with van der Waals surface area (Å²) in [5.74, 6) is -1.15. The average Bonchev–Trinajstić information content (AvgIpc) is 2.32. The van der Waals surface area contributed by atoms with E-state index >= 15 is 0 Å². The second-order valence-electron chi connectivity index (χ2n) is 4.01. The van der Waals surface area contributed by atoms with Crippen LogP contribution in [0.15, 0.2) is 15.8 Å². The van der Waals surface area contributed by atoms with Crippen LogP contribution in [0.25, 0.3) is 11.0 Å². The summed E-state index contributed by atoms with van der Waals surface area (Å²) in [4.78, 5) is 38.6. The van der Waals surface area contributed by atoms with E-state index in [1.165, 1.54) is 25.6 Å². The third kappa shape index (κ3) is 1.44. The maximum absolute atomic E-state index is 12.0. The summed E-state index contributed by atoms with van der Waals surface area (Å²) in [5, 5.41) is 9.14. The highest BCUT2D eigenvalue weighted by Gasteiger charge is 2.17. The Morgan fingerprint density at radius 1 is 1.28 bits per heavy atom. The molecule has 0 aliphatic heterocycles. The van der Waals surface area contributed by atoms with Crippen LogP contribution in [-0.2, 0) is 14.1 Å². The molecule has 0 saturated carbocycles. The van der Waals surface area contributed by atoms with Crippen LogP contribution in [0.5, 0.6) is 0 Å². The highest BCUT2D eigenvalue weighted by molar-refractivity contribution is 5.94. The smallest absolute Gasteiger partial charge is 0.337 e. The predicted molar refractivity (Wildman–Crippen MR) is 63.9 cm³/mol. The molecular formula is C11H11N3O4. The number of aryl methyl sites for hydroxylation is 2. The Labute approximate surface area is 101 Å². The Morgan fingerprint density at radius 2 is 1.89 bits per heavy atom. The maximum atomic E-state index is 12.0. The van der Waals surface area contributed by atoms with Crippen molar-refractivity contribution in [3.8, 4) is 0 Å². The van der Waals surface area contributed by atoms with Gasteiger partial charge in [-0.25, -0.2) is 14.6 Å². The van der Waals surface area contributed by atoms with Gasteiger partial charge in [-0.3, -0.25) is 13.9 Å². The van der Waals surface area contributed by atoms with Gasteiger partial charge in [0.1, 0.15) is 5.65 Å². The largest absolute Gasteiger partial charge is 0.478 e. The molecule has 2 rings (SSSR count). The molecule has 18 heavy (non-hydrogen) atoms.